The second-order valence-electron chi connectivity index (χ2n) is 4.80. The topological polar surface area (TPSA) is 49.3 Å². The lowest BCUT2D eigenvalue weighted by molar-refractivity contribution is -0.143. The molecule has 0 aliphatic heterocycles. The summed E-state index contributed by atoms with van der Waals surface area (Å²) in [7, 11) is 0. The number of benzene rings is 1. The van der Waals surface area contributed by atoms with E-state index in [1.807, 2.05) is 13.8 Å². The number of thioether (sulfide) groups is 1. The summed E-state index contributed by atoms with van der Waals surface area (Å²) in [6.07, 6.45) is 0. The van der Waals surface area contributed by atoms with Crippen molar-refractivity contribution in [1.82, 2.24) is 5.32 Å². The van der Waals surface area contributed by atoms with E-state index in [-0.39, 0.29) is 16.7 Å². The van der Waals surface area contributed by atoms with Gasteiger partial charge in [-0.25, -0.2) is 8.78 Å². The first-order valence-corrected chi connectivity index (χ1v) is 6.82. The van der Waals surface area contributed by atoms with Crippen LogP contribution >= 0.6 is 11.8 Å². The maximum atomic E-state index is 13.5. The first-order chi connectivity index (χ1) is 8.74. The Kier molecular flexibility index (Phi) is 5.31. The highest BCUT2D eigenvalue weighted by Gasteiger charge is 2.33. The van der Waals surface area contributed by atoms with Crippen molar-refractivity contribution in [3.8, 4) is 0 Å². The summed E-state index contributed by atoms with van der Waals surface area (Å²) in [5, 5.41) is 12.2. The summed E-state index contributed by atoms with van der Waals surface area (Å²) in [6.45, 7) is 5.22. The highest BCUT2D eigenvalue weighted by Crippen LogP contribution is 2.26. The van der Waals surface area contributed by atoms with E-state index in [0.717, 1.165) is 23.9 Å². The van der Waals surface area contributed by atoms with E-state index in [2.05, 4.69) is 5.32 Å². The molecule has 1 aromatic carbocycles. The summed E-state index contributed by atoms with van der Waals surface area (Å²) >= 11 is 1.05. The number of nitrogens with one attached hydrogen (secondary N) is 1. The highest BCUT2D eigenvalue weighted by molar-refractivity contribution is 7.99. The Morgan fingerprint density at radius 2 is 2.11 bits per heavy atom. The van der Waals surface area contributed by atoms with Crippen LogP contribution in [0, 0.1) is 11.6 Å². The van der Waals surface area contributed by atoms with Crippen LogP contribution in [-0.4, -0.2) is 28.4 Å². The van der Waals surface area contributed by atoms with Crippen molar-refractivity contribution < 1.29 is 18.7 Å². The summed E-state index contributed by atoms with van der Waals surface area (Å²) in [4.78, 5) is 11.5. The Bertz CT molecular complexity index is 468. The third-order valence-electron chi connectivity index (χ3n) is 2.49. The van der Waals surface area contributed by atoms with Crippen molar-refractivity contribution in [2.45, 2.75) is 37.2 Å². The van der Waals surface area contributed by atoms with Crippen LogP contribution in [0.4, 0.5) is 8.78 Å². The van der Waals surface area contributed by atoms with Crippen LogP contribution in [-0.2, 0) is 4.79 Å². The Labute approximate surface area is 115 Å². The van der Waals surface area contributed by atoms with E-state index in [9.17, 15) is 18.7 Å². The van der Waals surface area contributed by atoms with E-state index < -0.39 is 23.1 Å². The SMILES string of the molecule is CC(C)NC(C)(CSc1ccc(F)cc1F)C(=O)O. The number of hydrogen-bond acceptors (Lipinski definition) is 3. The van der Waals surface area contributed by atoms with Gasteiger partial charge in [-0.3, -0.25) is 10.1 Å². The highest BCUT2D eigenvalue weighted by atomic mass is 32.2. The molecule has 0 bridgehead atoms. The molecule has 0 spiro atoms. The molecule has 1 aromatic rings. The molecule has 2 N–H and O–H groups in total. The van der Waals surface area contributed by atoms with Crippen LogP contribution in [0.1, 0.15) is 20.8 Å². The quantitative estimate of drug-likeness (QED) is 0.791. The van der Waals surface area contributed by atoms with Gasteiger partial charge in [-0.15, -0.1) is 11.8 Å². The molecule has 0 saturated carbocycles. The molecular formula is C13H17F2NO2S. The van der Waals surface area contributed by atoms with Crippen LogP contribution in [0.2, 0.25) is 0 Å². The monoisotopic (exact) mass is 289 g/mol. The number of carboxylic acid groups (broad SMARTS) is 1. The van der Waals surface area contributed by atoms with Crippen LogP contribution < -0.4 is 5.32 Å². The molecule has 19 heavy (non-hydrogen) atoms. The Balaban J connectivity index is 2.79. The van der Waals surface area contributed by atoms with Gasteiger partial charge in [0.15, 0.2) is 0 Å². The molecule has 0 aliphatic rings. The maximum Gasteiger partial charge on any atom is 0.324 e. The molecular weight excluding hydrogens is 272 g/mol. The Morgan fingerprint density at radius 1 is 1.47 bits per heavy atom. The van der Waals surface area contributed by atoms with Crippen molar-refractivity contribution in [3.63, 3.8) is 0 Å². The number of rotatable bonds is 6. The number of hydrogen-bond donors (Lipinski definition) is 2. The molecule has 0 saturated heterocycles. The molecule has 0 radical (unpaired) electrons. The fourth-order valence-corrected chi connectivity index (χ4v) is 2.63. The average molecular weight is 289 g/mol. The van der Waals surface area contributed by atoms with Crippen LogP contribution in [0.5, 0.6) is 0 Å². The van der Waals surface area contributed by atoms with Gasteiger partial charge in [0, 0.05) is 22.8 Å². The summed E-state index contributed by atoms with van der Waals surface area (Å²) in [5.74, 6) is -2.19. The van der Waals surface area contributed by atoms with Gasteiger partial charge < -0.3 is 5.11 Å². The molecule has 0 fully saturated rings. The number of aliphatic carboxylic acids is 1. The van der Waals surface area contributed by atoms with Crippen molar-refractivity contribution >= 4 is 17.7 Å². The van der Waals surface area contributed by atoms with Gasteiger partial charge in [-0.1, -0.05) is 0 Å². The molecule has 0 amide bonds. The van der Waals surface area contributed by atoms with Gasteiger partial charge in [-0.2, -0.15) is 0 Å². The lowest BCUT2D eigenvalue weighted by Crippen LogP contribution is -2.54. The lowest BCUT2D eigenvalue weighted by atomic mass is 10.1. The minimum atomic E-state index is -1.17. The molecule has 1 rings (SSSR count). The fourth-order valence-electron chi connectivity index (χ4n) is 1.62. The van der Waals surface area contributed by atoms with E-state index in [1.54, 1.807) is 6.92 Å². The van der Waals surface area contributed by atoms with Crippen LogP contribution in [0.3, 0.4) is 0 Å². The van der Waals surface area contributed by atoms with Gasteiger partial charge in [-0.05, 0) is 32.9 Å². The molecule has 6 heteroatoms. The average Bonchev–Trinajstić information content (AvgIpc) is 2.26. The third-order valence-corrected chi connectivity index (χ3v) is 3.85. The summed E-state index contributed by atoms with van der Waals surface area (Å²) in [6, 6.07) is 3.24. The summed E-state index contributed by atoms with van der Waals surface area (Å²) in [5.41, 5.74) is -1.17. The molecule has 1 unspecified atom stereocenters. The van der Waals surface area contributed by atoms with Gasteiger partial charge in [0.2, 0.25) is 0 Å². The Hall–Kier alpha value is -1.14. The zero-order valence-corrected chi connectivity index (χ0v) is 11.9. The third kappa shape index (κ3) is 4.47. The summed E-state index contributed by atoms with van der Waals surface area (Å²) < 4.78 is 26.2. The standard InChI is InChI=1S/C13H17F2NO2S/c1-8(2)16-13(3,12(17)18)7-19-11-5-4-9(14)6-10(11)15/h4-6,8,16H,7H2,1-3H3,(H,17,18). The van der Waals surface area contributed by atoms with Gasteiger partial charge in [0.25, 0.3) is 0 Å². The lowest BCUT2D eigenvalue weighted by Gasteiger charge is -2.28. The van der Waals surface area contributed by atoms with Crippen molar-refractivity contribution in [2.75, 3.05) is 5.75 Å². The van der Waals surface area contributed by atoms with Gasteiger partial charge in [0.1, 0.15) is 17.2 Å². The molecule has 106 valence electrons. The minimum absolute atomic E-state index is 0.0141. The molecule has 0 heterocycles. The first kappa shape index (κ1) is 15.9. The number of carbonyl (C=O) groups is 1. The van der Waals surface area contributed by atoms with E-state index in [1.165, 1.54) is 6.07 Å². The molecule has 1 atom stereocenters. The normalized spacial score (nSPS) is 14.4. The van der Waals surface area contributed by atoms with Gasteiger partial charge in [0.05, 0.1) is 0 Å². The zero-order valence-electron chi connectivity index (χ0n) is 11.0. The zero-order chi connectivity index (χ0) is 14.6. The molecule has 0 aliphatic carbocycles. The van der Waals surface area contributed by atoms with Crippen molar-refractivity contribution in [1.29, 1.82) is 0 Å². The van der Waals surface area contributed by atoms with Crippen molar-refractivity contribution in [2.24, 2.45) is 0 Å². The number of halogens is 2. The Morgan fingerprint density at radius 3 is 2.58 bits per heavy atom. The maximum absolute atomic E-state index is 13.5. The second kappa shape index (κ2) is 6.34. The predicted molar refractivity (Wildman–Crippen MR) is 71.4 cm³/mol. The van der Waals surface area contributed by atoms with Crippen molar-refractivity contribution in [3.05, 3.63) is 29.8 Å². The van der Waals surface area contributed by atoms with E-state index >= 15 is 0 Å². The largest absolute Gasteiger partial charge is 0.480 e. The second-order valence-corrected chi connectivity index (χ2v) is 5.82. The fraction of sp³-hybridized carbons (Fsp3) is 0.462. The van der Waals surface area contributed by atoms with Gasteiger partial charge >= 0.3 is 5.97 Å². The molecule has 0 aromatic heterocycles. The predicted octanol–water partition coefficient (Wildman–Crippen LogP) is 2.90. The number of carboxylic acids is 1. The van der Waals surface area contributed by atoms with E-state index in [4.69, 9.17) is 0 Å². The smallest absolute Gasteiger partial charge is 0.324 e. The minimum Gasteiger partial charge on any atom is -0.480 e. The molecule has 3 nitrogen and oxygen atoms in total. The van der Waals surface area contributed by atoms with Crippen LogP contribution in [0.25, 0.3) is 0 Å². The van der Waals surface area contributed by atoms with Crippen LogP contribution in [0.15, 0.2) is 23.1 Å². The first-order valence-electron chi connectivity index (χ1n) is 5.83. The van der Waals surface area contributed by atoms with E-state index in [0.29, 0.717) is 0 Å².